The van der Waals surface area contributed by atoms with E-state index in [0.717, 1.165) is 17.9 Å². The van der Waals surface area contributed by atoms with Crippen molar-refractivity contribution in [2.24, 2.45) is 0 Å². The number of para-hydroxylation sites is 2. The molecular formula is C29H36N4O5. The molecule has 0 N–H and O–H groups in total. The number of rotatable bonds is 7. The largest absolute Gasteiger partial charge is 0.493 e. The van der Waals surface area contributed by atoms with Gasteiger partial charge < -0.3 is 28.7 Å². The van der Waals surface area contributed by atoms with Crippen molar-refractivity contribution < 1.29 is 23.7 Å². The average molecular weight is 521 g/mol. The molecule has 2 heterocycles. The molecule has 0 atom stereocenters. The summed E-state index contributed by atoms with van der Waals surface area (Å²) in [5, 5.41) is 0. The first kappa shape index (κ1) is 27.2. The summed E-state index contributed by atoms with van der Waals surface area (Å²) in [4.78, 5) is 23.6. The van der Waals surface area contributed by atoms with Gasteiger partial charge in [-0.15, -0.1) is 0 Å². The Balaban J connectivity index is 1.53. The lowest BCUT2D eigenvalue weighted by molar-refractivity contribution is 0.0770. The highest BCUT2D eigenvalue weighted by Gasteiger charge is 2.21. The Labute approximate surface area is 224 Å². The molecule has 0 spiro atoms. The summed E-state index contributed by atoms with van der Waals surface area (Å²) < 4.78 is 23.7. The van der Waals surface area contributed by atoms with Crippen molar-refractivity contribution >= 4 is 5.91 Å². The van der Waals surface area contributed by atoms with E-state index in [9.17, 15) is 4.79 Å². The maximum Gasteiger partial charge on any atom is 0.259 e. The van der Waals surface area contributed by atoms with Crippen LogP contribution >= 0.6 is 0 Å². The van der Waals surface area contributed by atoms with E-state index in [-0.39, 0.29) is 11.8 Å². The van der Waals surface area contributed by atoms with Crippen molar-refractivity contribution in [3.63, 3.8) is 0 Å². The molecule has 3 aromatic rings. The van der Waals surface area contributed by atoms with Crippen LogP contribution in [0.4, 0.5) is 0 Å². The normalized spacial score (nSPS) is 14.8. The number of fused-ring (bicyclic) bond motifs is 2. The van der Waals surface area contributed by atoms with Crippen LogP contribution in [0, 0.1) is 0 Å². The number of likely N-dealkylation sites (N-methyl/N-ethyl adjacent to an activating group) is 2. The lowest BCUT2D eigenvalue weighted by atomic mass is 10.2. The van der Waals surface area contributed by atoms with Gasteiger partial charge in [-0.25, -0.2) is 4.98 Å². The van der Waals surface area contributed by atoms with Crippen LogP contribution in [0.25, 0.3) is 0 Å². The van der Waals surface area contributed by atoms with Gasteiger partial charge in [0.1, 0.15) is 18.8 Å². The van der Waals surface area contributed by atoms with Crippen LogP contribution < -0.4 is 18.9 Å². The van der Waals surface area contributed by atoms with E-state index in [4.69, 9.17) is 18.9 Å². The molecule has 0 aliphatic carbocycles. The zero-order chi connectivity index (χ0) is 26.9. The lowest BCUT2D eigenvalue weighted by Gasteiger charge is -2.26. The molecule has 1 aromatic heterocycles. The SMILES string of the molecule is COc1cc(CN2CCOc3ccccc3Oc3ncccc3C(=O)N(C)CC2)ccc1OCCN(C)C. The number of methoxy groups -OCH3 is 1. The minimum atomic E-state index is -0.147. The van der Waals surface area contributed by atoms with Gasteiger partial charge >= 0.3 is 0 Å². The Morgan fingerprint density at radius 2 is 1.82 bits per heavy atom. The van der Waals surface area contributed by atoms with E-state index in [2.05, 4.69) is 20.9 Å². The molecule has 0 bridgehead atoms. The Morgan fingerprint density at radius 3 is 2.61 bits per heavy atom. The van der Waals surface area contributed by atoms with E-state index in [1.54, 1.807) is 37.4 Å². The van der Waals surface area contributed by atoms with Crippen LogP contribution in [-0.4, -0.2) is 93.2 Å². The van der Waals surface area contributed by atoms with Gasteiger partial charge in [-0.1, -0.05) is 18.2 Å². The van der Waals surface area contributed by atoms with E-state index in [0.29, 0.717) is 62.2 Å². The number of ether oxygens (including phenoxy) is 4. The van der Waals surface area contributed by atoms with Crippen molar-refractivity contribution in [1.29, 1.82) is 0 Å². The topological polar surface area (TPSA) is 76.6 Å². The number of amides is 1. The Kier molecular flexibility index (Phi) is 9.40. The number of hydrogen-bond acceptors (Lipinski definition) is 8. The van der Waals surface area contributed by atoms with Crippen molar-refractivity contribution in [1.82, 2.24) is 19.7 Å². The Hall–Kier alpha value is -3.82. The highest BCUT2D eigenvalue weighted by atomic mass is 16.5. The molecule has 2 aromatic carbocycles. The van der Waals surface area contributed by atoms with Crippen LogP contribution in [-0.2, 0) is 6.54 Å². The van der Waals surface area contributed by atoms with Crippen molar-refractivity contribution in [2.75, 3.05) is 67.6 Å². The fourth-order valence-electron chi connectivity index (χ4n) is 4.07. The number of carbonyl (C=O) groups is 1. The molecular weight excluding hydrogens is 484 g/mol. The van der Waals surface area contributed by atoms with Gasteiger partial charge in [0.2, 0.25) is 5.88 Å². The molecule has 1 aliphatic rings. The molecule has 0 unspecified atom stereocenters. The van der Waals surface area contributed by atoms with E-state index < -0.39 is 0 Å². The molecule has 0 fully saturated rings. The third kappa shape index (κ3) is 7.14. The second-order valence-electron chi connectivity index (χ2n) is 9.39. The number of carbonyl (C=O) groups excluding carboxylic acids is 1. The van der Waals surface area contributed by atoms with Gasteiger partial charge in [-0.05, 0) is 56.1 Å². The predicted molar refractivity (Wildman–Crippen MR) is 146 cm³/mol. The van der Waals surface area contributed by atoms with Gasteiger partial charge in [0.05, 0.1) is 7.11 Å². The summed E-state index contributed by atoms with van der Waals surface area (Å²) in [6.07, 6.45) is 1.61. The first-order chi connectivity index (χ1) is 18.4. The third-order valence-corrected chi connectivity index (χ3v) is 6.25. The van der Waals surface area contributed by atoms with Crippen molar-refractivity contribution in [3.05, 3.63) is 71.9 Å². The first-order valence-electron chi connectivity index (χ1n) is 12.7. The Bertz CT molecular complexity index is 1220. The van der Waals surface area contributed by atoms with Crippen LogP contribution in [0.5, 0.6) is 28.9 Å². The molecule has 0 saturated heterocycles. The fourth-order valence-corrected chi connectivity index (χ4v) is 4.07. The van der Waals surface area contributed by atoms with E-state index in [1.807, 2.05) is 50.5 Å². The minimum absolute atomic E-state index is 0.147. The monoisotopic (exact) mass is 520 g/mol. The Morgan fingerprint density at radius 1 is 1.00 bits per heavy atom. The van der Waals surface area contributed by atoms with Gasteiger partial charge in [-0.2, -0.15) is 0 Å². The van der Waals surface area contributed by atoms with E-state index in [1.165, 1.54) is 0 Å². The molecule has 202 valence electrons. The third-order valence-electron chi connectivity index (χ3n) is 6.25. The zero-order valence-corrected chi connectivity index (χ0v) is 22.6. The maximum atomic E-state index is 13.3. The number of nitrogens with zero attached hydrogens (tertiary/aromatic N) is 4. The van der Waals surface area contributed by atoms with Crippen molar-refractivity contribution in [3.8, 4) is 28.9 Å². The maximum absolute atomic E-state index is 13.3. The molecule has 1 amide bonds. The number of benzene rings is 2. The van der Waals surface area contributed by atoms with Gasteiger partial charge in [0.25, 0.3) is 5.91 Å². The molecule has 0 saturated carbocycles. The van der Waals surface area contributed by atoms with Crippen LogP contribution in [0.1, 0.15) is 15.9 Å². The predicted octanol–water partition coefficient (Wildman–Crippen LogP) is 3.79. The molecule has 4 rings (SSSR count). The van der Waals surface area contributed by atoms with Crippen LogP contribution in [0.3, 0.4) is 0 Å². The minimum Gasteiger partial charge on any atom is -0.493 e. The smallest absolute Gasteiger partial charge is 0.259 e. The molecule has 0 radical (unpaired) electrons. The van der Waals surface area contributed by atoms with Gasteiger partial charge in [0, 0.05) is 46.0 Å². The summed E-state index contributed by atoms with van der Waals surface area (Å²) >= 11 is 0. The lowest BCUT2D eigenvalue weighted by Crippen LogP contribution is -2.37. The number of hydrogen-bond donors (Lipinski definition) is 0. The highest BCUT2D eigenvalue weighted by molar-refractivity contribution is 5.96. The van der Waals surface area contributed by atoms with Crippen molar-refractivity contribution in [2.45, 2.75) is 6.54 Å². The average Bonchev–Trinajstić information content (AvgIpc) is 2.93. The summed E-state index contributed by atoms with van der Waals surface area (Å²) in [5.74, 6) is 2.66. The zero-order valence-electron chi connectivity index (χ0n) is 22.6. The highest BCUT2D eigenvalue weighted by Crippen LogP contribution is 2.33. The molecule has 9 heteroatoms. The summed E-state index contributed by atoms with van der Waals surface area (Å²) in [6, 6.07) is 16.9. The second kappa shape index (κ2) is 13.1. The van der Waals surface area contributed by atoms with Crippen LogP contribution in [0.2, 0.25) is 0 Å². The molecule has 9 nitrogen and oxygen atoms in total. The first-order valence-corrected chi connectivity index (χ1v) is 12.7. The van der Waals surface area contributed by atoms with Gasteiger partial charge in [-0.3, -0.25) is 9.69 Å². The van der Waals surface area contributed by atoms with E-state index >= 15 is 0 Å². The second-order valence-corrected chi connectivity index (χ2v) is 9.39. The molecule has 38 heavy (non-hydrogen) atoms. The fraction of sp³-hybridized carbons (Fsp3) is 0.379. The van der Waals surface area contributed by atoms with Crippen LogP contribution in [0.15, 0.2) is 60.8 Å². The summed E-state index contributed by atoms with van der Waals surface area (Å²) in [7, 11) is 7.47. The number of aromatic nitrogens is 1. The number of pyridine rings is 1. The van der Waals surface area contributed by atoms with Gasteiger partial charge in [0.15, 0.2) is 23.0 Å². The summed E-state index contributed by atoms with van der Waals surface area (Å²) in [5.41, 5.74) is 1.49. The standard InChI is InChI=1S/C29H36N4O5/c1-31(2)16-18-36-25-12-11-22(20-27(25)35-4)21-33-15-14-32(3)29(34)23-8-7-13-30-28(23)38-26-10-6-5-9-24(26)37-19-17-33/h5-13,20H,14-19,21H2,1-4H3. The quantitative estimate of drug-likeness (QED) is 0.466. The summed E-state index contributed by atoms with van der Waals surface area (Å²) in [6.45, 7) is 4.36. The molecule has 1 aliphatic heterocycles.